The van der Waals surface area contributed by atoms with Gasteiger partial charge in [0.15, 0.2) is 0 Å². The second-order valence-electron chi connectivity index (χ2n) is 5.50. The third kappa shape index (κ3) is 3.30. The molecule has 0 aromatic heterocycles. The van der Waals surface area contributed by atoms with Gasteiger partial charge in [0.05, 0.1) is 9.81 Å². The van der Waals surface area contributed by atoms with Crippen molar-refractivity contribution in [2.45, 2.75) is 9.79 Å². The second-order valence-corrected chi connectivity index (χ2v) is 7.67. The highest BCUT2D eigenvalue weighted by Gasteiger charge is 2.40. The number of rotatable bonds is 4. The molecule has 0 saturated heterocycles. The van der Waals surface area contributed by atoms with Crippen molar-refractivity contribution in [3.63, 3.8) is 0 Å². The molecule has 4 rings (SSSR count). The average molecular weight is 382 g/mol. The largest absolute Gasteiger partial charge is 0.483 e. The Morgan fingerprint density at radius 3 is 1.38 bits per heavy atom. The molecule has 0 atom stereocenters. The van der Waals surface area contributed by atoms with Gasteiger partial charge in [-0.3, -0.25) is 9.59 Å². The normalized spacial score (nSPS) is 16.9. The Hall–Kier alpha value is -2.44. The molecule has 4 nitrogen and oxygen atoms in total. The van der Waals surface area contributed by atoms with Gasteiger partial charge >= 0.3 is 0 Å². The fraction of sp³-hybridized carbons (Fsp3) is 0.100. The molecule has 1 aliphatic carbocycles. The van der Waals surface area contributed by atoms with Crippen LogP contribution in [0.15, 0.2) is 91.8 Å². The third-order valence-corrected chi connectivity index (χ3v) is 6.07. The lowest BCUT2D eigenvalue weighted by atomic mass is 10.1. The molecule has 0 spiro atoms. The van der Waals surface area contributed by atoms with E-state index in [2.05, 4.69) is 0 Å². The minimum atomic E-state index is -0.299. The fourth-order valence-corrected chi connectivity index (χ4v) is 4.62. The lowest BCUT2D eigenvalue weighted by molar-refractivity contribution is -0.123. The zero-order valence-corrected chi connectivity index (χ0v) is 15.3. The minimum Gasteiger partial charge on any atom is -0.483 e. The van der Waals surface area contributed by atoms with Crippen LogP contribution in [0.1, 0.15) is 0 Å². The average Bonchev–Trinajstić information content (AvgIpc) is 2.70. The first kappa shape index (κ1) is 17.0. The highest BCUT2D eigenvalue weighted by atomic mass is 32.2. The Kier molecular flexibility index (Phi) is 4.86. The molecule has 2 aromatic rings. The zero-order chi connectivity index (χ0) is 17.9. The van der Waals surface area contributed by atoms with Gasteiger partial charge in [-0.25, -0.2) is 0 Å². The van der Waals surface area contributed by atoms with Crippen molar-refractivity contribution in [2.24, 2.45) is 0 Å². The molecule has 0 fully saturated rings. The molecule has 2 aliphatic rings. The molecule has 0 amide bonds. The molecule has 130 valence electrons. The van der Waals surface area contributed by atoms with E-state index in [1.807, 2.05) is 60.7 Å². The van der Waals surface area contributed by atoms with Crippen LogP contribution in [0.4, 0.5) is 0 Å². The summed E-state index contributed by atoms with van der Waals surface area (Å²) in [4.78, 5) is 28.5. The molecule has 0 radical (unpaired) electrons. The number of carbonyl (C=O) groups is 2. The van der Waals surface area contributed by atoms with E-state index in [-0.39, 0.29) is 36.3 Å². The van der Waals surface area contributed by atoms with Crippen molar-refractivity contribution in [3.05, 3.63) is 82.0 Å². The van der Waals surface area contributed by atoms with Gasteiger partial charge in [0.1, 0.15) is 13.2 Å². The smallest absolute Gasteiger partial charge is 0.239 e. The maximum atomic E-state index is 13.0. The van der Waals surface area contributed by atoms with Crippen molar-refractivity contribution < 1.29 is 19.1 Å². The summed E-state index contributed by atoms with van der Waals surface area (Å²) in [5, 5.41) is 0. The SMILES string of the molecule is O=C1C2=C(OCCO2)C(=O)C(Sc2ccccc2)=C1Sc1ccccc1. The van der Waals surface area contributed by atoms with Crippen LogP contribution in [0.25, 0.3) is 0 Å². The van der Waals surface area contributed by atoms with Gasteiger partial charge in [-0.1, -0.05) is 59.9 Å². The number of ketones is 2. The molecule has 2 aromatic carbocycles. The van der Waals surface area contributed by atoms with Gasteiger partial charge in [0.2, 0.25) is 23.1 Å². The number of hydrogen-bond donors (Lipinski definition) is 0. The number of carbonyl (C=O) groups excluding carboxylic acids is 2. The summed E-state index contributed by atoms with van der Waals surface area (Å²) >= 11 is 2.56. The molecule has 0 saturated carbocycles. The predicted molar refractivity (Wildman–Crippen MR) is 101 cm³/mol. The number of thioether (sulfide) groups is 2. The monoisotopic (exact) mass is 382 g/mol. The topological polar surface area (TPSA) is 52.6 Å². The van der Waals surface area contributed by atoms with Crippen LogP contribution in [0.2, 0.25) is 0 Å². The van der Waals surface area contributed by atoms with E-state index in [1.165, 1.54) is 23.5 Å². The number of Topliss-reactive ketones (excluding diaryl/α,β-unsaturated/α-hetero) is 2. The first-order valence-corrected chi connectivity index (χ1v) is 9.66. The number of benzene rings is 2. The molecule has 6 heteroatoms. The van der Waals surface area contributed by atoms with Crippen LogP contribution >= 0.6 is 23.5 Å². The van der Waals surface area contributed by atoms with E-state index < -0.39 is 0 Å². The standard InChI is InChI=1S/C20H14O4S2/c21-15-17-18(24-12-11-23-17)16(22)20(26-14-9-5-2-6-10-14)19(15)25-13-7-3-1-4-8-13/h1-10H,11-12H2. The lowest BCUT2D eigenvalue weighted by Crippen LogP contribution is -2.29. The summed E-state index contributed by atoms with van der Waals surface area (Å²) in [6.07, 6.45) is 0. The van der Waals surface area contributed by atoms with Crippen LogP contribution < -0.4 is 0 Å². The predicted octanol–water partition coefficient (Wildman–Crippen LogP) is 4.19. The molecule has 1 aliphatic heterocycles. The van der Waals surface area contributed by atoms with E-state index in [1.54, 1.807) is 0 Å². The summed E-state index contributed by atoms with van der Waals surface area (Å²) in [6.45, 7) is 0.532. The van der Waals surface area contributed by atoms with Crippen molar-refractivity contribution in [1.29, 1.82) is 0 Å². The summed E-state index contributed by atoms with van der Waals surface area (Å²) in [5.74, 6) is -0.549. The van der Waals surface area contributed by atoms with Crippen LogP contribution in [0.3, 0.4) is 0 Å². The fourth-order valence-electron chi connectivity index (χ4n) is 2.57. The third-order valence-electron chi connectivity index (χ3n) is 3.74. The van der Waals surface area contributed by atoms with Gasteiger partial charge in [-0.15, -0.1) is 0 Å². The van der Waals surface area contributed by atoms with E-state index in [0.717, 1.165) is 9.79 Å². The number of allylic oxidation sites excluding steroid dienone is 2. The van der Waals surface area contributed by atoms with Crippen LogP contribution in [-0.2, 0) is 19.1 Å². The Morgan fingerprint density at radius 1 is 0.615 bits per heavy atom. The van der Waals surface area contributed by atoms with Crippen LogP contribution in [0.5, 0.6) is 0 Å². The quantitative estimate of drug-likeness (QED) is 0.739. The maximum absolute atomic E-state index is 13.0. The van der Waals surface area contributed by atoms with E-state index in [0.29, 0.717) is 9.81 Å². The molecular weight excluding hydrogens is 368 g/mol. The molecule has 1 heterocycles. The second kappa shape index (κ2) is 7.43. The molecule has 0 N–H and O–H groups in total. The van der Waals surface area contributed by atoms with Crippen LogP contribution in [0, 0.1) is 0 Å². The van der Waals surface area contributed by atoms with Gasteiger partial charge in [0, 0.05) is 9.79 Å². The molecule has 0 unspecified atom stereocenters. The lowest BCUT2D eigenvalue weighted by Gasteiger charge is -2.26. The van der Waals surface area contributed by atoms with E-state index in [9.17, 15) is 9.59 Å². The molecular formula is C20H14O4S2. The highest BCUT2D eigenvalue weighted by molar-refractivity contribution is 8.08. The Morgan fingerprint density at radius 2 is 1.00 bits per heavy atom. The summed E-state index contributed by atoms with van der Waals surface area (Å²) in [7, 11) is 0. The Balaban J connectivity index is 1.77. The number of ether oxygens (including phenoxy) is 2. The minimum absolute atomic E-state index is 0.0251. The summed E-state index contributed by atoms with van der Waals surface area (Å²) in [5.41, 5.74) is 0. The van der Waals surface area contributed by atoms with E-state index in [4.69, 9.17) is 9.47 Å². The van der Waals surface area contributed by atoms with Gasteiger partial charge in [-0.05, 0) is 24.3 Å². The van der Waals surface area contributed by atoms with Gasteiger partial charge in [0.25, 0.3) is 0 Å². The highest BCUT2D eigenvalue weighted by Crippen LogP contribution is 2.43. The van der Waals surface area contributed by atoms with Gasteiger partial charge in [-0.2, -0.15) is 0 Å². The van der Waals surface area contributed by atoms with Crippen molar-refractivity contribution in [1.82, 2.24) is 0 Å². The number of hydrogen-bond acceptors (Lipinski definition) is 6. The first-order chi connectivity index (χ1) is 12.7. The summed E-state index contributed by atoms with van der Waals surface area (Å²) in [6, 6.07) is 19.0. The maximum Gasteiger partial charge on any atom is 0.239 e. The Bertz CT molecular complexity index is 842. The van der Waals surface area contributed by atoms with Crippen molar-refractivity contribution in [2.75, 3.05) is 13.2 Å². The molecule has 26 heavy (non-hydrogen) atoms. The summed E-state index contributed by atoms with van der Waals surface area (Å²) < 4.78 is 10.9. The van der Waals surface area contributed by atoms with E-state index >= 15 is 0 Å². The van der Waals surface area contributed by atoms with Gasteiger partial charge < -0.3 is 9.47 Å². The Labute approximate surface area is 159 Å². The van der Waals surface area contributed by atoms with Crippen molar-refractivity contribution >= 4 is 35.1 Å². The molecule has 0 bridgehead atoms. The zero-order valence-electron chi connectivity index (χ0n) is 13.6. The first-order valence-electron chi connectivity index (χ1n) is 8.03. The van der Waals surface area contributed by atoms with Crippen molar-refractivity contribution in [3.8, 4) is 0 Å². The van der Waals surface area contributed by atoms with Crippen LogP contribution in [-0.4, -0.2) is 24.8 Å².